The second-order valence-corrected chi connectivity index (χ2v) is 5.81. The number of carbonyl (C=O) groups excluding carboxylic acids is 1. The zero-order valence-corrected chi connectivity index (χ0v) is 11.8. The van der Waals surface area contributed by atoms with Crippen LogP contribution in [-0.4, -0.2) is 34.6 Å². The van der Waals surface area contributed by atoms with Crippen molar-refractivity contribution in [1.29, 1.82) is 0 Å². The number of carbonyl (C=O) groups is 1. The van der Waals surface area contributed by atoms with E-state index in [2.05, 4.69) is 0 Å². The average Bonchev–Trinajstić information content (AvgIpc) is 2.27. The molecule has 1 heterocycles. The highest BCUT2D eigenvalue weighted by molar-refractivity contribution is 6.43. The molecule has 0 bridgehead atoms. The van der Waals surface area contributed by atoms with Gasteiger partial charge in [-0.15, -0.1) is 0 Å². The van der Waals surface area contributed by atoms with Gasteiger partial charge in [-0.1, -0.05) is 43.1 Å². The number of halogens is 2. The molecule has 1 amide bonds. The van der Waals surface area contributed by atoms with Gasteiger partial charge in [-0.05, 0) is 18.1 Å². The Bertz CT molecular complexity index is 482. The third-order valence-electron chi connectivity index (χ3n) is 3.47. The molecule has 1 aromatic carbocycles. The molecule has 0 aromatic heterocycles. The van der Waals surface area contributed by atoms with Crippen molar-refractivity contribution in [2.24, 2.45) is 5.92 Å². The van der Waals surface area contributed by atoms with E-state index < -0.39 is 5.60 Å². The number of benzene rings is 1. The van der Waals surface area contributed by atoms with Gasteiger partial charge in [-0.3, -0.25) is 4.79 Å². The number of β-amino-alcohol motifs (C(OH)–C–C–N with tert-alkyl or cyclic N) is 1. The lowest BCUT2D eigenvalue weighted by molar-refractivity contribution is -0.110. The molecule has 0 aliphatic carbocycles. The maximum atomic E-state index is 12.2. The molecule has 0 unspecified atom stereocenters. The van der Waals surface area contributed by atoms with Gasteiger partial charge in [0.25, 0.3) is 5.91 Å². The largest absolute Gasteiger partial charge is 0.386 e. The van der Waals surface area contributed by atoms with Gasteiger partial charge < -0.3 is 10.0 Å². The third kappa shape index (κ3) is 2.22. The van der Waals surface area contributed by atoms with Crippen molar-refractivity contribution in [3.05, 3.63) is 33.8 Å². The minimum Gasteiger partial charge on any atom is -0.386 e. The van der Waals surface area contributed by atoms with Crippen LogP contribution in [0.1, 0.15) is 24.2 Å². The lowest BCUT2D eigenvalue weighted by Gasteiger charge is -2.49. The van der Waals surface area contributed by atoms with E-state index in [1.807, 2.05) is 13.8 Å². The molecule has 5 heteroatoms. The third-order valence-corrected chi connectivity index (χ3v) is 4.29. The van der Waals surface area contributed by atoms with Crippen LogP contribution in [0.5, 0.6) is 0 Å². The van der Waals surface area contributed by atoms with Crippen molar-refractivity contribution in [2.75, 3.05) is 13.1 Å². The molecule has 0 atom stereocenters. The number of rotatable bonds is 2. The van der Waals surface area contributed by atoms with Crippen LogP contribution in [0.25, 0.3) is 0 Å². The molecule has 0 radical (unpaired) electrons. The monoisotopic (exact) mass is 287 g/mol. The SMILES string of the molecule is CC(C)C1(O)CN(C(=O)c2cccc(Cl)c2Cl)C1. The van der Waals surface area contributed by atoms with Crippen LogP contribution < -0.4 is 0 Å². The highest BCUT2D eigenvalue weighted by atomic mass is 35.5. The summed E-state index contributed by atoms with van der Waals surface area (Å²) in [7, 11) is 0. The molecule has 1 aliphatic rings. The molecule has 1 aliphatic heterocycles. The molecule has 0 saturated carbocycles. The maximum absolute atomic E-state index is 12.2. The average molecular weight is 288 g/mol. The zero-order chi connectivity index (χ0) is 13.5. The summed E-state index contributed by atoms with van der Waals surface area (Å²) in [5.41, 5.74) is -0.393. The first kappa shape index (κ1) is 13.7. The van der Waals surface area contributed by atoms with Crippen LogP contribution in [0, 0.1) is 5.92 Å². The predicted octanol–water partition coefficient (Wildman–Crippen LogP) is 2.84. The molecule has 2 rings (SSSR count). The van der Waals surface area contributed by atoms with Crippen LogP contribution in [0.4, 0.5) is 0 Å². The Hall–Kier alpha value is -0.770. The highest BCUT2D eigenvalue weighted by Crippen LogP contribution is 2.32. The summed E-state index contributed by atoms with van der Waals surface area (Å²) < 4.78 is 0. The smallest absolute Gasteiger partial charge is 0.255 e. The van der Waals surface area contributed by atoms with Crippen LogP contribution in [0.15, 0.2) is 18.2 Å². The van der Waals surface area contributed by atoms with Gasteiger partial charge in [0.05, 0.1) is 28.7 Å². The first-order valence-corrected chi connectivity index (χ1v) is 6.56. The van der Waals surface area contributed by atoms with Crippen molar-refractivity contribution in [1.82, 2.24) is 4.90 Å². The van der Waals surface area contributed by atoms with Gasteiger partial charge in [0, 0.05) is 0 Å². The van der Waals surface area contributed by atoms with E-state index in [0.29, 0.717) is 23.7 Å². The Kier molecular flexibility index (Phi) is 3.58. The summed E-state index contributed by atoms with van der Waals surface area (Å²) in [6.07, 6.45) is 0. The number of aliphatic hydroxyl groups is 1. The Morgan fingerprint density at radius 3 is 2.56 bits per heavy atom. The van der Waals surface area contributed by atoms with Gasteiger partial charge in [-0.2, -0.15) is 0 Å². The normalized spacial score (nSPS) is 17.8. The van der Waals surface area contributed by atoms with E-state index in [9.17, 15) is 9.90 Å². The summed E-state index contributed by atoms with van der Waals surface area (Å²) >= 11 is 11.9. The van der Waals surface area contributed by atoms with Crippen molar-refractivity contribution < 1.29 is 9.90 Å². The van der Waals surface area contributed by atoms with Crippen LogP contribution in [0.3, 0.4) is 0 Å². The lowest BCUT2D eigenvalue weighted by Crippen LogP contribution is -2.65. The minimum atomic E-state index is -0.777. The summed E-state index contributed by atoms with van der Waals surface area (Å²) in [6, 6.07) is 4.97. The Morgan fingerprint density at radius 1 is 1.39 bits per heavy atom. The van der Waals surface area contributed by atoms with Crippen molar-refractivity contribution in [2.45, 2.75) is 19.4 Å². The molecule has 3 nitrogen and oxygen atoms in total. The number of likely N-dealkylation sites (tertiary alicyclic amines) is 1. The highest BCUT2D eigenvalue weighted by Gasteiger charge is 2.46. The van der Waals surface area contributed by atoms with Gasteiger partial charge in [0.15, 0.2) is 0 Å². The van der Waals surface area contributed by atoms with E-state index in [4.69, 9.17) is 23.2 Å². The molecule has 98 valence electrons. The fourth-order valence-electron chi connectivity index (χ4n) is 1.96. The topological polar surface area (TPSA) is 40.5 Å². The van der Waals surface area contributed by atoms with Gasteiger partial charge in [-0.25, -0.2) is 0 Å². The van der Waals surface area contributed by atoms with E-state index in [1.165, 1.54) is 0 Å². The number of amides is 1. The Labute approximate surface area is 116 Å². The minimum absolute atomic E-state index is 0.122. The van der Waals surface area contributed by atoms with Crippen molar-refractivity contribution >= 4 is 29.1 Å². The first-order valence-electron chi connectivity index (χ1n) is 5.81. The quantitative estimate of drug-likeness (QED) is 0.909. The molecule has 1 aromatic rings. The summed E-state index contributed by atoms with van der Waals surface area (Å²) in [4.78, 5) is 13.8. The summed E-state index contributed by atoms with van der Waals surface area (Å²) in [6.45, 7) is 4.56. The van der Waals surface area contributed by atoms with Gasteiger partial charge in [0.1, 0.15) is 5.60 Å². The van der Waals surface area contributed by atoms with E-state index >= 15 is 0 Å². The van der Waals surface area contributed by atoms with Crippen molar-refractivity contribution in [3.63, 3.8) is 0 Å². The molecular formula is C13H15Cl2NO2. The van der Waals surface area contributed by atoms with Crippen LogP contribution in [0.2, 0.25) is 10.0 Å². The summed E-state index contributed by atoms with van der Waals surface area (Å²) in [5.74, 6) is -0.0655. The number of nitrogens with zero attached hydrogens (tertiary/aromatic N) is 1. The number of hydrogen-bond donors (Lipinski definition) is 1. The Balaban J connectivity index is 2.13. The second kappa shape index (κ2) is 4.72. The summed E-state index contributed by atoms with van der Waals surface area (Å²) in [5, 5.41) is 10.8. The molecular weight excluding hydrogens is 273 g/mol. The molecule has 1 fully saturated rings. The number of hydrogen-bond acceptors (Lipinski definition) is 2. The fraction of sp³-hybridized carbons (Fsp3) is 0.462. The molecule has 18 heavy (non-hydrogen) atoms. The van der Waals surface area contributed by atoms with E-state index in [1.54, 1.807) is 23.1 Å². The zero-order valence-electron chi connectivity index (χ0n) is 10.3. The molecule has 1 saturated heterocycles. The Morgan fingerprint density at radius 2 is 2.00 bits per heavy atom. The van der Waals surface area contributed by atoms with Crippen LogP contribution in [-0.2, 0) is 0 Å². The molecule has 0 spiro atoms. The van der Waals surface area contributed by atoms with E-state index in [0.717, 1.165) is 0 Å². The fourth-order valence-corrected chi connectivity index (χ4v) is 2.34. The lowest BCUT2D eigenvalue weighted by atomic mass is 9.82. The maximum Gasteiger partial charge on any atom is 0.255 e. The first-order chi connectivity index (χ1) is 8.35. The van der Waals surface area contributed by atoms with Crippen LogP contribution >= 0.6 is 23.2 Å². The van der Waals surface area contributed by atoms with Crippen molar-refractivity contribution in [3.8, 4) is 0 Å². The second-order valence-electron chi connectivity index (χ2n) is 5.02. The predicted molar refractivity (Wildman–Crippen MR) is 72.2 cm³/mol. The molecule has 1 N–H and O–H groups in total. The standard InChI is InChI=1S/C13H15Cl2NO2/c1-8(2)13(18)6-16(7-13)12(17)9-4-3-5-10(14)11(9)15/h3-5,8,18H,6-7H2,1-2H3. The van der Waals surface area contributed by atoms with E-state index in [-0.39, 0.29) is 16.8 Å². The van der Waals surface area contributed by atoms with Gasteiger partial charge >= 0.3 is 0 Å². The van der Waals surface area contributed by atoms with Gasteiger partial charge in [0.2, 0.25) is 0 Å².